The number of carbonyl (C=O) groups excluding carboxylic acids is 1. The van der Waals surface area contributed by atoms with Gasteiger partial charge in [-0.15, -0.1) is 11.8 Å². The predicted molar refractivity (Wildman–Crippen MR) is 101 cm³/mol. The van der Waals surface area contributed by atoms with Crippen molar-refractivity contribution < 1.29 is 14.3 Å². The fourth-order valence-corrected chi connectivity index (χ4v) is 3.49. The zero-order chi connectivity index (χ0) is 17.5. The van der Waals surface area contributed by atoms with Crippen LogP contribution in [0.1, 0.15) is 24.5 Å². The topological polar surface area (TPSA) is 47.6 Å². The molecule has 1 heterocycles. The van der Waals surface area contributed by atoms with Gasteiger partial charge in [0.15, 0.2) is 11.5 Å². The number of aryl methyl sites for hydroxylation is 1. The average molecular weight is 357 g/mol. The van der Waals surface area contributed by atoms with Gasteiger partial charge in [0.25, 0.3) is 0 Å². The molecule has 3 rings (SSSR count). The third-order valence-corrected chi connectivity index (χ3v) is 5.06. The van der Waals surface area contributed by atoms with Crippen molar-refractivity contribution in [3.63, 3.8) is 0 Å². The van der Waals surface area contributed by atoms with Crippen LogP contribution < -0.4 is 14.8 Å². The molecule has 5 heteroatoms. The summed E-state index contributed by atoms with van der Waals surface area (Å²) in [5.74, 6) is 2.91. The van der Waals surface area contributed by atoms with Crippen LogP contribution >= 0.6 is 11.8 Å². The molecule has 132 valence electrons. The molecular formula is C20H23NO3S. The molecule has 2 aromatic carbocycles. The highest BCUT2D eigenvalue weighted by Gasteiger charge is 2.13. The van der Waals surface area contributed by atoms with Crippen LogP contribution in [0, 0.1) is 0 Å². The molecule has 1 atom stereocenters. The van der Waals surface area contributed by atoms with Crippen LogP contribution in [0.25, 0.3) is 0 Å². The first kappa shape index (κ1) is 17.7. The quantitative estimate of drug-likeness (QED) is 0.781. The van der Waals surface area contributed by atoms with Gasteiger partial charge in [0.1, 0.15) is 0 Å². The second kappa shape index (κ2) is 8.81. The fourth-order valence-electron chi connectivity index (χ4n) is 2.71. The highest BCUT2D eigenvalue weighted by molar-refractivity contribution is 7.99. The maximum absolute atomic E-state index is 12.1. The molecule has 2 aromatic rings. The third-order valence-electron chi connectivity index (χ3n) is 4.06. The van der Waals surface area contributed by atoms with Crippen LogP contribution in [0.3, 0.4) is 0 Å². The van der Waals surface area contributed by atoms with E-state index in [-0.39, 0.29) is 18.7 Å². The van der Waals surface area contributed by atoms with Crippen molar-refractivity contribution in [1.82, 2.24) is 5.32 Å². The van der Waals surface area contributed by atoms with Gasteiger partial charge in [-0.05, 0) is 43.0 Å². The summed E-state index contributed by atoms with van der Waals surface area (Å²) in [6.45, 7) is 2.35. The minimum atomic E-state index is 0.0892. The van der Waals surface area contributed by atoms with Gasteiger partial charge in [-0.25, -0.2) is 0 Å². The van der Waals surface area contributed by atoms with E-state index in [1.165, 1.54) is 5.56 Å². The first-order valence-corrected chi connectivity index (χ1v) is 9.66. The second-order valence-electron chi connectivity index (χ2n) is 6.17. The van der Waals surface area contributed by atoms with Gasteiger partial charge in [-0.2, -0.15) is 0 Å². The molecule has 0 bridgehead atoms. The molecule has 0 saturated carbocycles. The summed E-state index contributed by atoms with van der Waals surface area (Å²) in [5.41, 5.74) is 2.44. The normalized spacial score (nSPS) is 13.5. The summed E-state index contributed by atoms with van der Waals surface area (Å²) in [7, 11) is 0. The predicted octanol–water partition coefficient (Wildman–Crippen LogP) is 3.79. The Morgan fingerprint density at radius 2 is 1.92 bits per heavy atom. The summed E-state index contributed by atoms with van der Waals surface area (Å²) in [5, 5.41) is 3.07. The Labute approximate surface area is 152 Å². The minimum Gasteiger partial charge on any atom is -0.454 e. The Kier molecular flexibility index (Phi) is 6.23. The van der Waals surface area contributed by atoms with E-state index < -0.39 is 0 Å². The highest BCUT2D eigenvalue weighted by atomic mass is 32.2. The number of benzene rings is 2. The molecule has 0 unspecified atom stereocenters. The molecule has 1 aliphatic heterocycles. The lowest BCUT2D eigenvalue weighted by molar-refractivity contribution is -0.119. The van der Waals surface area contributed by atoms with Gasteiger partial charge in [0.2, 0.25) is 12.7 Å². The summed E-state index contributed by atoms with van der Waals surface area (Å²) in [6, 6.07) is 16.5. The number of carbonyl (C=O) groups is 1. The molecule has 25 heavy (non-hydrogen) atoms. The number of nitrogens with one attached hydrogen (secondary N) is 1. The highest BCUT2D eigenvalue weighted by Crippen LogP contribution is 2.33. The van der Waals surface area contributed by atoms with Gasteiger partial charge in [0.05, 0.1) is 5.75 Å². The Hall–Kier alpha value is -2.14. The van der Waals surface area contributed by atoms with E-state index in [0.717, 1.165) is 35.7 Å². The molecule has 0 spiro atoms. The lowest BCUT2D eigenvalue weighted by Gasteiger charge is -2.14. The van der Waals surface area contributed by atoms with Gasteiger partial charge in [0, 0.05) is 11.8 Å². The van der Waals surface area contributed by atoms with Crippen molar-refractivity contribution >= 4 is 17.7 Å². The molecule has 0 radical (unpaired) electrons. The summed E-state index contributed by atoms with van der Waals surface area (Å²) >= 11 is 1.61. The number of amides is 1. The molecule has 1 aliphatic rings. The summed E-state index contributed by atoms with van der Waals surface area (Å²) < 4.78 is 10.7. The number of rotatable bonds is 8. The van der Waals surface area contributed by atoms with E-state index >= 15 is 0 Å². The van der Waals surface area contributed by atoms with Crippen LogP contribution in [-0.2, 0) is 17.0 Å². The Morgan fingerprint density at radius 1 is 1.12 bits per heavy atom. The Bertz CT molecular complexity index is 705. The Morgan fingerprint density at radius 3 is 2.76 bits per heavy atom. The standard InChI is InChI=1S/C20H23NO3S/c1-15(7-8-16-5-3-2-4-6-16)21-20(22)13-25-12-17-9-10-18-19(11-17)24-14-23-18/h2-6,9-11,15H,7-8,12-14H2,1H3,(H,21,22)/t15-/m0/s1. The maximum Gasteiger partial charge on any atom is 0.231 e. The van der Waals surface area contributed by atoms with Crippen LogP contribution in [0.4, 0.5) is 0 Å². The van der Waals surface area contributed by atoms with Gasteiger partial charge in [-0.3, -0.25) is 4.79 Å². The third kappa shape index (κ3) is 5.43. The summed E-state index contributed by atoms with van der Waals surface area (Å²) in [4.78, 5) is 12.1. The first-order valence-electron chi connectivity index (χ1n) is 8.50. The molecular weight excluding hydrogens is 334 g/mol. The first-order chi connectivity index (χ1) is 12.2. The van der Waals surface area contributed by atoms with E-state index in [1.807, 2.05) is 36.4 Å². The molecule has 4 nitrogen and oxygen atoms in total. The van der Waals surface area contributed by atoms with Crippen molar-refractivity contribution in [1.29, 1.82) is 0 Å². The molecule has 0 aromatic heterocycles. The Balaban J connectivity index is 1.35. The number of hydrogen-bond donors (Lipinski definition) is 1. The molecule has 1 N–H and O–H groups in total. The smallest absolute Gasteiger partial charge is 0.231 e. The summed E-state index contributed by atoms with van der Waals surface area (Å²) in [6.07, 6.45) is 1.93. The fraction of sp³-hybridized carbons (Fsp3) is 0.350. The minimum absolute atomic E-state index is 0.0892. The largest absolute Gasteiger partial charge is 0.454 e. The monoisotopic (exact) mass is 357 g/mol. The van der Waals surface area contributed by atoms with Crippen molar-refractivity contribution in [2.75, 3.05) is 12.5 Å². The molecule has 0 saturated heterocycles. The van der Waals surface area contributed by atoms with E-state index in [1.54, 1.807) is 11.8 Å². The maximum atomic E-state index is 12.1. The average Bonchev–Trinajstić information content (AvgIpc) is 3.08. The van der Waals surface area contributed by atoms with E-state index in [0.29, 0.717) is 5.75 Å². The van der Waals surface area contributed by atoms with Crippen molar-refractivity contribution in [3.05, 3.63) is 59.7 Å². The second-order valence-corrected chi connectivity index (χ2v) is 7.16. The van der Waals surface area contributed by atoms with Gasteiger partial charge in [-0.1, -0.05) is 36.4 Å². The zero-order valence-electron chi connectivity index (χ0n) is 14.4. The number of hydrogen-bond acceptors (Lipinski definition) is 4. The van der Waals surface area contributed by atoms with Gasteiger partial charge >= 0.3 is 0 Å². The number of thioether (sulfide) groups is 1. The lowest BCUT2D eigenvalue weighted by Crippen LogP contribution is -2.34. The van der Waals surface area contributed by atoms with Crippen LogP contribution in [0.2, 0.25) is 0 Å². The molecule has 0 fully saturated rings. The van der Waals surface area contributed by atoms with Crippen molar-refractivity contribution in [2.24, 2.45) is 0 Å². The molecule has 1 amide bonds. The van der Waals surface area contributed by atoms with Crippen LogP contribution in [0.5, 0.6) is 11.5 Å². The lowest BCUT2D eigenvalue weighted by atomic mass is 10.1. The van der Waals surface area contributed by atoms with Gasteiger partial charge < -0.3 is 14.8 Å². The van der Waals surface area contributed by atoms with Crippen molar-refractivity contribution in [3.8, 4) is 11.5 Å². The van der Waals surface area contributed by atoms with Crippen molar-refractivity contribution in [2.45, 2.75) is 31.6 Å². The number of ether oxygens (including phenoxy) is 2. The van der Waals surface area contributed by atoms with E-state index in [2.05, 4.69) is 24.4 Å². The van der Waals surface area contributed by atoms with Crippen LogP contribution in [0.15, 0.2) is 48.5 Å². The number of fused-ring (bicyclic) bond motifs is 1. The SMILES string of the molecule is C[C@@H](CCc1ccccc1)NC(=O)CSCc1ccc2c(c1)OCO2. The van der Waals surface area contributed by atoms with E-state index in [4.69, 9.17) is 9.47 Å². The van der Waals surface area contributed by atoms with E-state index in [9.17, 15) is 4.79 Å². The van der Waals surface area contributed by atoms with Crippen LogP contribution in [-0.4, -0.2) is 24.5 Å². The molecule has 0 aliphatic carbocycles. The zero-order valence-corrected chi connectivity index (χ0v) is 15.2.